The summed E-state index contributed by atoms with van der Waals surface area (Å²) < 4.78 is 0. The van der Waals surface area contributed by atoms with Crippen LogP contribution in [-0.4, -0.2) is 43.1 Å². The van der Waals surface area contributed by atoms with Gasteiger partial charge in [0.1, 0.15) is 0 Å². The van der Waals surface area contributed by atoms with Crippen molar-refractivity contribution in [3.05, 3.63) is 11.1 Å². The maximum atomic E-state index is 4.51. The summed E-state index contributed by atoms with van der Waals surface area (Å²) in [6.07, 6.45) is 2.03. The summed E-state index contributed by atoms with van der Waals surface area (Å²) in [4.78, 5) is 10.7. The molecule has 0 N–H and O–H groups in total. The van der Waals surface area contributed by atoms with Crippen LogP contribution in [0.15, 0.2) is 6.20 Å². The fraction of sp³-hybridized carbons (Fsp3) is 0.727. The summed E-state index contributed by atoms with van der Waals surface area (Å²) in [5, 5.41) is 1.20. The van der Waals surface area contributed by atoms with E-state index in [0.717, 1.165) is 26.2 Å². The van der Waals surface area contributed by atoms with Crippen molar-refractivity contribution in [2.45, 2.75) is 19.8 Å². The average Bonchev–Trinajstić information content (AvgIpc) is 2.68. The van der Waals surface area contributed by atoms with Crippen molar-refractivity contribution in [2.75, 3.05) is 38.1 Å². The second-order valence-corrected chi connectivity index (χ2v) is 5.53. The molecule has 15 heavy (non-hydrogen) atoms. The zero-order valence-corrected chi connectivity index (χ0v) is 10.5. The van der Waals surface area contributed by atoms with E-state index in [0.29, 0.717) is 5.92 Å². The van der Waals surface area contributed by atoms with Gasteiger partial charge in [0.05, 0.1) is 0 Å². The van der Waals surface area contributed by atoms with Crippen LogP contribution in [0.2, 0.25) is 0 Å². The fourth-order valence-electron chi connectivity index (χ4n) is 1.69. The Bertz CT molecular complexity index is 313. The molecule has 0 aromatic carbocycles. The Morgan fingerprint density at radius 1 is 1.27 bits per heavy atom. The number of hydrogen-bond acceptors (Lipinski definition) is 4. The second-order valence-electron chi connectivity index (χ2n) is 4.49. The third kappa shape index (κ3) is 2.49. The van der Waals surface area contributed by atoms with Gasteiger partial charge in [-0.05, 0) is 13.0 Å². The molecule has 1 aromatic rings. The first kappa shape index (κ1) is 10.9. The van der Waals surface area contributed by atoms with Crippen LogP contribution in [0.4, 0.5) is 5.13 Å². The molecule has 4 heteroatoms. The highest BCUT2D eigenvalue weighted by atomic mass is 32.1. The standard InChI is InChI=1S/C11H19N3S/c1-9(2)10-8-12-11(15-10)14-6-4-13(3)5-7-14/h8-9H,4-7H2,1-3H3. The smallest absolute Gasteiger partial charge is 0.185 e. The van der Waals surface area contributed by atoms with Crippen molar-refractivity contribution in [1.29, 1.82) is 0 Å². The van der Waals surface area contributed by atoms with E-state index in [1.54, 1.807) is 0 Å². The first-order valence-corrected chi connectivity index (χ1v) is 6.37. The molecule has 1 saturated heterocycles. The highest BCUT2D eigenvalue weighted by Gasteiger charge is 2.17. The molecule has 0 bridgehead atoms. The third-order valence-corrected chi connectivity index (χ3v) is 4.21. The molecule has 2 rings (SSSR count). The molecule has 0 amide bonds. The van der Waals surface area contributed by atoms with Crippen LogP contribution in [0.5, 0.6) is 0 Å². The number of thiazole rings is 1. The molecule has 0 aliphatic carbocycles. The van der Waals surface area contributed by atoms with Crippen molar-refractivity contribution in [3.8, 4) is 0 Å². The van der Waals surface area contributed by atoms with E-state index in [2.05, 4.69) is 35.7 Å². The maximum absolute atomic E-state index is 4.51. The molecule has 84 valence electrons. The molecule has 0 atom stereocenters. The van der Waals surface area contributed by atoms with Crippen LogP contribution >= 0.6 is 11.3 Å². The summed E-state index contributed by atoms with van der Waals surface area (Å²) in [5.74, 6) is 0.601. The molecule has 0 spiro atoms. The molecule has 1 fully saturated rings. The fourth-order valence-corrected chi connectivity index (χ4v) is 2.66. The van der Waals surface area contributed by atoms with Gasteiger partial charge in [-0.25, -0.2) is 4.98 Å². The first-order chi connectivity index (χ1) is 7.16. The van der Waals surface area contributed by atoms with Crippen LogP contribution in [0.1, 0.15) is 24.6 Å². The molecule has 3 nitrogen and oxygen atoms in total. The summed E-state index contributed by atoms with van der Waals surface area (Å²) in [6.45, 7) is 8.97. The minimum absolute atomic E-state index is 0.601. The topological polar surface area (TPSA) is 19.4 Å². The van der Waals surface area contributed by atoms with Gasteiger partial charge in [-0.3, -0.25) is 0 Å². The van der Waals surface area contributed by atoms with Crippen molar-refractivity contribution >= 4 is 16.5 Å². The van der Waals surface area contributed by atoms with Gasteiger partial charge in [0.2, 0.25) is 0 Å². The lowest BCUT2D eigenvalue weighted by molar-refractivity contribution is 0.313. The molecule has 1 aliphatic rings. The van der Waals surface area contributed by atoms with E-state index in [4.69, 9.17) is 0 Å². The molecule has 2 heterocycles. The van der Waals surface area contributed by atoms with Gasteiger partial charge in [0.15, 0.2) is 5.13 Å². The number of piperazine rings is 1. The minimum atomic E-state index is 0.601. The largest absolute Gasteiger partial charge is 0.346 e. The molecule has 0 saturated carbocycles. The van der Waals surface area contributed by atoms with Gasteiger partial charge in [0, 0.05) is 37.3 Å². The number of rotatable bonds is 2. The number of aromatic nitrogens is 1. The van der Waals surface area contributed by atoms with E-state index in [1.165, 1.54) is 10.0 Å². The van der Waals surface area contributed by atoms with E-state index >= 15 is 0 Å². The van der Waals surface area contributed by atoms with Gasteiger partial charge in [-0.15, -0.1) is 11.3 Å². The van der Waals surface area contributed by atoms with Crippen LogP contribution in [0, 0.1) is 0 Å². The van der Waals surface area contributed by atoms with Gasteiger partial charge in [-0.1, -0.05) is 13.8 Å². The molecule has 0 unspecified atom stereocenters. The minimum Gasteiger partial charge on any atom is -0.346 e. The lowest BCUT2D eigenvalue weighted by Gasteiger charge is -2.32. The third-order valence-electron chi connectivity index (χ3n) is 2.85. The molecular formula is C11H19N3S. The molecular weight excluding hydrogens is 206 g/mol. The van der Waals surface area contributed by atoms with Crippen LogP contribution in [-0.2, 0) is 0 Å². The van der Waals surface area contributed by atoms with Gasteiger partial charge in [-0.2, -0.15) is 0 Å². The van der Waals surface area contributed by atoms with E-state index in [9.17, 15) is 0 Å². The highest BCUT2D eigenvalue weighted by Crippen LogP contribution is 2.28. The Hall–Kier alpha value is -0.610. The maximum Gasteiger partial charge on any atom is 0.185 e. The Labute approximate surface area is 95.7 Å². The van der Waals surface area contributed by atoms with E-state index in [-0.39, 0.29) is 0 Å². The normalized spacial score (nSPS) is 18.8. The molecule has 1 aliphatic heterocycles. The zero-order chi connectivity index (χ0) is 10.8. The van der Waals surface area contributed by atoms with Crippen molar-refractivity contribution in [2.24, 2.45) is 0 Å². The zero-order valence-electron chi connectivity index (χ0n) is 9.73. The van der Waals surface area contributed by atoms with E-state index in [1.807, 2.05) is 17.5 Å². The number of nitrogens with zero attached hydrogens (tertiary/aromatic N) is 3. The van der Waals surface area contributed by atoms with Crippen LogP contribution < -0.4 is 4.90 Å². The molecule has 0 radical (unpaired) electrons. The molecule has 1 aromatic heterocycles. The Morgan fingerprint density at radius 2 is 1.93 bits per heavy atom. The lowest BCUT2D eigenvalue weighted by atomic mass is 10.2. The van der Waals surface area contributed by atoms with Crippen molar-refractivity contribution < 1.29 is 0 Å². The highest BCUT2D eigenvalue weighted by molar-refractivity contribution is 7.15. The summed E-state index contributed by atoms with van der Waals surface area (Å²) >= 11 is 1.85. The van der Waals surface area contributed by atoms with Crippen molar-refractivity contribution in [3.63, 3.8) is 0 Å². The second kappa shape index (κ2) is 4.49. The summed E-state index contributed by atoms with van der Waals surface area (Å²) in [7, 11) is 2.18. The summed E-state index contributed by atoms with van der Waals surface area (Å²) in [5.41, 5.74) is 0. The van der Waals surface area contributed by atoms with Crippen molar-refractivity contribution in [1.82, 2.24) is 9.88 Å². The SMILES string of the molecule is CC(C)c1cnc(N2CCN(C)CC2)s1. The van der Waals surface area contributed by atoms with Gasteiger partial charge >= 0.3 is 0 Å². The number of anilines is 1. The average molecular weight is 225 g/mol. The predicted molar refractivity (Wildman–Crippen MR) is 65.9 cm³/mol. The van der Waals surface area contributed by atoms with Crippen LogP contribution in [0.25, 0.3) is 0 Å². The lowest BCUT2D eigenvalue weighted by Crippen LogP contribution is -2.44. The van der Waals surface area contributed by atoms with Gasteiger partial charge < -0.3 is 9.80 Å². The van der Waals surface area contributed by atoms with Gasteiger partial charge in [0.25, 0.3) is 0 Å². The first-order valence-electron chi connectivity index (χ1n) is 5.56. The Morgan fingerprint density at radius 3 is 2.47 bits per heavy atom. The summed E-state index contributed by atoms with van der Waals surface area (Å²) in [6, 6.07) is 0. The Kier molecular flexibility index (Phi) is 3.26. The number of hydrogen-bond donors (Lipinski definition) is 0. The Balaban J connectivity index is 2.03. The predicted octanol–water partition coefficient (Wildman–Crippen LogP) is 2.02. The quantitative estimate of drug-likeness (QED) is 0.767. The van der Waals surface area contributed by atoms with Crippen LogP contribution in [0.3, 0.4) is 0 Å². The van der Waals surface area contributed by atoms with E-state index < -0.39 is 0 Å². The number of likely N-dealkylation sites (N-methyl/N-ethyl adjacent to an activating group) is 1. The monoisotopic (exact) mass is 225 g/mol.